The lowest BCUT2D eigenvalue weighted by Crippen LogP contribution is -2.40. The third-order valence-corrected chi connectivity index (χ3v) is 6.98. The number of anilines is 1. The minimum atomic E-state index is -0.182. The van der Waals surface area contributed by atoms with Crippen molar-refractivity contribution in [1.29, 1.82) is 0 Å². The van der Waals surface area contributed by atoms with E-state index in [4.69, 9.17) is 0 Å². The predicted molar refractivity (Wildman–Crippen MR) is 104 cm³/mol. The number of rotatable bonds is 5. The van der Waals surface area contributed by atoms with Crippen molar-refractivity contribution in [2.24, 2.45) is 40.6 Å². The SMILES string of the molecule is CCN(CC)c1ccc(/C=N/N2C(=O)[C@@H]3[C@@H]4C=C[C@H]([C@H]5C[C@H]45)[C@@H]3C2=O)cc1. The molecule has 2 saturated carbocycles. The zero-order chi connectivity index (χ0) is 18.7. The van der Waals surface area contributed by atoms with Crippen LogP contribution >= 0.6 is 0 Å². The van der Waals surface area contributed by atoms with Crippen molar-refractivity contribution in [2.45, 2.75) is 20.3 Å². The summed E-state index contributed by atoms with van der Waals surface area (Å²) in [5.74, 6) is 1.16. The van der Waals surface area contributed by atoms with Crippen LogP contribution in [0.3, 0.4) is 0 Å². The zero-order valence-electron chi connectivity index (χ0n) is 15.8. The predicted octanol–water partition coefficient (Wildman–Crippen LogP) is 2.92. The number of carbonyl (C=O) groups excluding carboxylic acids is 2. The summed E-state index contributed by atoms with van der Waals surface area (Å²) in [4.78, 5) is 28.1. The van der Waals surface area contributed by atoms with Gasteiger partial charge in [-0.25, -0.2) is 0 Å². The molecule has 3 fully saturated rings. The van der Waals surface area contributed by atoms with Crippen LogP contribution in [0.25, 0.3) is 0 Å². The van der Waals surface area contributed by atoms with Gasteiger partial charge in [-0.3, -0.25) is 9.59 Å². The first kappa shape index (κ1) is 16.7. The Labute approximate surface area is 159 Å². The summed E-state index contributed by atoms with van der Waals surface area (Å²) in [6.45, 7) is 6.19. The highest BCUT2D eigenvalue weighted by atomic mass is 16.2. The maximum absolute atomic E-state index is 12.9. The van der Waals surface area contributed by atoms with E-state index < -0.39 is 0 Å². The van der Waals surface area contributed by atoms with Gasteiger partial charge in [0.15, 0.2) is 0 Å². The van der Waals surface area contributed by atoms with E-state index in [1.165, 1.54) is 12.1 Å². The molecule has 0 aromatic heterocycles. The number of hydrazone groups is 1. The van der Waals surface area contributed by atoms with Crippen molar-refractivity contribution in [3.05, 3.63) is 42.0 Å². The van der Waals surface area contributed by atoms with Gasteiger partial charge in [0, 0.05) is 18.8 Å². The van der Waals surface area contributed by atoms with Gasteiger partial charge in [0.05, 0.1) is 18.1 Å². The number of imide groups is 1. The van der Waals surface area contributed by atoms with Gasteiger partial charge in [-0.15, -0.1) is 0 Å². The monoisotopic (exact) mass is 363 g/mol. The molecule has 2 amide bonds. The Bertz CT molecular complexity index is 804. The summed E-state index contributed by atoms with van der Waals surface area (Å²) in [5, 5.41) is 5.44. The maximum atomic E-state index is 12.9. The van der Waals surface area contributed by atoms with Crippen LogP contribution < -0.4 is 4.90 Å². The van der Waals surface area contributed by atoms with Gasteiger partial charge in [-0.2, -0.15) is 10.1 Å². The lowest BCUT2D eigenvalue weighted by molar-refractivity contribution is -0.140. The van der Waals surface area contributed by atoms with Gasteiger partial charge >= 0.3 is 0 Å². The fraction of sp³-hybridized carbons (Fsp3) is 0.500. The highest BCUT2D eigenvalue weighted by Crippen LogP contribution is 2.65. The quantitative estimate of drug-likeness (QED) is 0.459. The zero-order valence-corrected chi connectivity index (χ0v) is 15.8. The van der Waals surface area contributed by atoms with Gasteiger partial charge in [0.2, 0.25) is 0 Å². The second kappa shape index (κ2) is 6.04. The lowest BCUT2D eigenvalue weighted by Gasteiger charge is -2.37. The first-order valence-electron chi connectivity index (χ1n) is 10.1. The molecule has 0 spiro atoms. The van der Waals surface area contributed by atoms with Crippen LogP contribution in [0.4, 0.5) is 5.69 Å². The average molecular weight is 363 g/mol. The van der Waals surface area contributed by atoms with E-state index in [2.05, 4.69) is 48.1 Å². The molecule has 4 aliphatic carbocycles. The summed E-state index contributed by atoms with van der Waals surface area (Å²) in [7, 11) is 0. The van der Waals surface area contributed by atoms with E-state index in [0.717, 1.165) is 23.7 Å². The van der Waals surface area contributed by atoms with Crippen LogP contribution in [0.5, 0.6) is 0 Å². The van der Waals surface area contributed by atoms with E-state index in [-0.39, 0.29) is 35.5 Å². The second-order valence-corrected chi connectivity index (χ2v) is 8.15. The summed E-state index contributed by atoms with van der Waals surface area (Å²) < 4.78 is 0. The van der Waals surface area contributed by atoms with Crippen molar-refractivity contribution in [2.75, 3.05) is 18.0 Å². The highest BCUT2D eigenvalue weighted by Gasteiger charge is 2.67. The number of nitrogens with zero attached hydrogens (tertiary/aromatic N) is 3. The average Bonchev–Trinajstić information content (AvgIpc) is 3.47. The first-order chi connectivity index (χ1) is 13.1. The van der Waals surface area contributed by atoms with Crippen LogP contribution in [-0.2, 0) is 9.59 Å². The van der Waals surface area contributed by atoms with Gasteiger partial charge in [-0.05, 0) is 61.6 Å². The Morgan fingerprint density at radius 3 is 2.07 bits per heavy atom. The third-order valence-electron chi connectivity index (χ3n) is 6.98. The molecule has 5 nitrogen and oxygen atoms in total. The molecule has 27 heavy (non-hydrogen) atoms. The normalized spacial score (nSPS) is 35.7. The van der Waals surface area contributed by atoms with E-state index >= 15 is 0 Å². The largest absolute Gasteiger partial charge is 0.372 e. The molecule has 0 radical (unpaired) electrons. The molecule has 1 saturated heterocycles. The number of hydrogen-bond acceptors (Lipinski definition) is 4. The van der Waals surface area contributed by atoms with E-state index in [0.29, 0.717) is 11.8 Å². The topological polar surface area (TPSA) is 53.0 Å². The van der Waals surface area contributed by atoms with Gasteiger partial charge < -0.3 is 4.90 Å². The summed E-state index contributed by atoms with van der Waals surface area (Å²) in [6, 6.07) is 8.07. The molecule has 6 rings (SSSR count). The van der Waals surface area contributed by atoms with Crippen LogP contribution in [0, 0.1) is 35.5 Å². The molecule has 2 bridgehead atoms. The Balaban J connectivity index is 1.34. The molecule has 5 heteroatoms. The van der Waals surface area contributed by atoms with E-state index in [1.54, 1.807) is 6.21 Å². The van der Waals surface area contributed by atoms with Crippen LogP contribution in [0.2, 0.25) is 0 Å². The van der Waals surface area contributed by atoms with Crippen molar-refractivity contribution in [1.82, 2.24) is 5.01 Å². The van der Waals surface area contributed by atoms with Crippen molar-refractivity contribution >= 4 is 23.7 Å². The Kier molecular flexibility index (Phi) is 3.74. The molecule has 0 unspecified atom stereocenters. The number of allylic oxidation sites excluding steroid dienone is 2. The fourth-order valence-corrected chi connectivity index (χ4v) is 5.54. The smallest absolute Gasteiger partial charge is 0.254 e. The molecular formula is C22H25N3O2. The molecule has 5 aliphatic rings. The fourth-order valence-electron chi connectivity index (χ4n) is 5.54. The summed E-state index contributed by atoms with van der Waals surface area (Å²) in [5.41, 5.74) is 2.06. The molecule has 1 aromatic rings. The van der Waals surface area contributed by atoms with Crippen molar-refractivity contribution in [3.63, 3.8) is 0 Å². The minimum Gasteiger partial charge on any atom is -0.372 e. The van der Waals surface area contributed by atoms with Crippen LogP contribution in [0.15, 0.2) is 41.5 Å². The van der Waals surface area contributed by atoms with E-state index in [1.807, 2.05) is 12.1 Å². The summed E-state index contributed by atoms with van der Waals surface area (Å²) >= 11 is 0. The highest BCUT2D eigenvalue weighted by molar-refractivity contribution is 6.06. The van der Waals surface area contributed by atoms with Crippen LogP contribution in [-0.4, -0.2) is 36.1 Å². The molecule has 0 N–H and O–H groups in total. The van der Waals surface area contributed by atoms with Gasteiger partial charge in [0.25, 0.3) is 11.8 Å². The molecule has 1 aliphatic heterocycles. The second-order valence-electron chi connectivity index (χ2n) is 8.15. The standard InChI is InChI=1S/C22H25N3O2/c1-3-24(4-2)14-7-5-13(6-8-14)12-23-25-21(26)19-15-9-10-16(18-11-17(15)18)20(19)22(25)27/h5-10,12,15-20H,3-4,11H2,1-2H3/b23-12+/t15-,16-,17-,18-,19-,20+/m1/s1. The number of benzene rings is 1. The van der Waals surface area contributed by atoms with Crippen molar-refractivity contribution in [3.8, 4) is 0 Å². The Morgan fingerprint density at radius 2 is 1.56 bits per heavy atom. The molecule has 6 atom stereocenters. The first-order valence-corrected chi connectivity index (χ1v) is 10.1. The third kappa shape index (κ3) is 2.40. The Morgan fingerprint density at radius 1 is 1.00 bits per heavy atom. The molecule has 1 heterocycles. The molecule has 1 aromatic carbocycles. The number of hydrogen-bond donors (Lipinski definition) is 0. The maximum Gasteiger partial charge on any atom is 0.254 e. The van der Waals surface area contributed by atoms with E-state index in [9.17, 15) is 9.59 Å². The lowest BCUT2D eigenvalue weighted by atomic mass is 9.63. The Hall–Kier alpha value is -2.43. The van der Waals surface area contributed by atoms with Gasteiger partial charge in [0.1, 0.15) is 0 Å². The number of amides is 2. The summed E-state index contributed by atoms with van der Waals surface area (Å²) in [6.07, 6.45) is 7.18. The van der Waals surface area contributed by atoms with Crippen molar-refractivity contribution < 1.29 is 9.59 Å². The molecular weight excluding hydrogens is 338 g/mol. The minimum absolute atomic E-state index is 0.106. The van der Waals surface area contributed by atoms with Gasteiger partial charge in [-0.1, -0.05) is 24.3 Å². The molecule has 140 valence electrons. The van der Waals surface area contributed by atoms with Crippen LogP contribution in [0.1, 0.15) is 25.8 Å². The number of carbonyl (C=O) groups is 2.